The third-order valence-electron chi connectivity index (χ3n) is 5.44. The molecule has 0 aromatic heterocycles. The van der Waals surface area contributed by atoms with Crippen LogP contribution >= 0.6 is 23.2 Å². The first-order valence-corrected chi connectivity index (χ1v) is 13.6. The molecule has 0 aliphatic carbocycles. The second-order valence-corrected chi connectivity index (χ2v) is 10.7. The zero-order chi connectivity index (χ0) is 25.5. The number of likely N-dealkylation sites (N-methyl/N-ethyl adjacent to an activating group) is 1. The highest BCUT2D eigenvalue weighted by Gasteiger charge is 2.27. The van der Waals surface area contributed by atoms with Crippen molar-refractivity contribution in [2.24, 2.45) is 0 Å². The lowest BCUT2D eigenvalue weighted by Crippen LogP contribution is -2.47. The van der Waals surface area contributed by atoms with Gasteiger partial charge in [-0.05, 0) is 51.0 Å². The van der Waals surface area contributed by atoms with Gasteiger partial charge in [-0.2, -0.15) is 0 Å². The number of anilines is 1. The van der Waals surface area contributed by atoms with Crippen LogP contribution in [-0.4, -0.2) is 50.5 Å². The van der Waals surface area contributed by atoms with Gasteiger partial charge in [-0.25, -0.2) is 8.42 Å². The summed E-state index contributed by atoms with van der Waals surface area (Å²) in [5.41, 5.74) is 1.94. The Morgan fingerprint density at radius 3 is 2.24 bits per heavy atom. The number of benzene rings is 2. The summed E-state index contributed by atoms with van der Waals surface area (Å²) in [6.07, 6.45) is 1.46. The van der Waals surface area contributed by atoms with Crippen molar-refractivity contribution in [3.63, 3.8) is 0 Å². The van der Waals surface area contributed by atoms with E-state index in [0.29, 0.717) is 27.8 Å². The van der Waals surface area contributed by atoms with Gasteiger partial charge in [0.05, 0.1) is 11.9 Å². The van der Waals surface area contributed by atoms with Gasteiger partial charge in [0.2, 0.25) is 21.8 Å². The number of hydrogen-bond acceptors (Lipinski definition) is 4. The van der Waals surface area contributed by atoms with Gasteiger partial charge in [0.1, 0.15) is 6.04 Å². The maximum Gasteiger partial charge on any atom is 0.242 e. The molecule has 2 rings (SSSR count). The predicted molar refractivity (Wildman–Crippen MR) is 138 cm³/mol. The van der Waals surface area contributed by atoms with Crippen LogP contribution in [0.2, 0.25) is 10.0 Å². The summed E-state index contributed by atoms with van der Waals surface area (Å²) in [6, 6.07) is 11.5. The maximum absolute atomic E-state index is 13.2. The fraction of sp³-hybridized carbons (Fsp3) is 0.417. The number of sulfonamides is 1. The van der Waals surface area contributed by atoms with Gasteiger partial charge in [-0.15, -0.1) is 0 Å². The van der Waals surface area contributed by atoms with E-state index in [4.69, 9.17) is 23.2 Å². The van der Waals surface area contributed by atoms with Gasteiger partial charge in [-0.1, -0.05) is 47.5 Å². The van der Waals surface area contributed by atoms with Crippen molar-refractivity contribution in [2.45, 2.75) is 46.2 Å². The topological polar surface area (TPSA) is 86.8 Å². The van der Waals surface area contributed by atoms with Gasteiger partial charge in [-0.3, -0.25) is 13.9 Å². The van der Waals surface area contributed by atoms with Crippen LogP contribution in [0.4, 0.5) is 5.69 Å². The summed E-state index contributed by atoms with van der Waals surface area (Å²) in [5, 5.41) is 3.53. The summed E-state index contributed by atoms with van der Waals surface area (Å²) in [7, 11) is -3.55. The second-order valence-electron chi connectivity index (χ2n) is 8.02. The Morgan fingerprint density at radius 2 is 1.68 bits per heavy atom. The van der Waals surface area contributed by atoms with Crippen LogP contribution < -0.4 is 9.62 Å². The molecule has 0 bridgehead atoms. The number of para-hydroxylation sites is 1. The van der Waals surface area contributed by atoms with E-state index in [1.54, 1.807) is 44.2 Å². The minimum atomic E-state index is -3.55. The molecule has 10 heteroatoms. The number of aryl methyl sites for hydroxylation is 1. The highest BCUT2D eigenvalue weighted by atomic mass is 35.5. The molecule has 186 valence electrons. The van der Waals surface area contributed by atoms with E-state index in [2.05, 4.69) is 5.32 Å². The van der Waals surface area contributed by atoms with Crippen LogP contribution in [0.3, 0.4) is 0 Å². The standard InChI is InChI=1S/C24H31Cl2N3O4S/c1-5-27-24(31)18(3)28(16-19-20(25)11-8-12-21(19)26)23(30)14-9-15-29(34(4,32)33)22-13-7-6-10-17(22)2/h6-8,10-13,18H,5,9,14-16H2,1-4H3,(H,27,31)/t18-/m1/s1. The average molecular weight is 529 g/mol. The quantitative estimate of drug-likeness (QED) is 0.469. The predicted octanol–water partition coefficient (Wildman–Crippen LogP) is 4.40. The van der Waals surface area contributed by atoms with Crippen molar-refractivity contribution < 1.29 is 18.0 Å². The average Bonchev–Trinajstić information content (AvgIpc) is 2.76. The molecule has 34 heavy (non-hydrogen) atoms. The van der Waals surface area contributed by atoms with Crippen LogP contribution in [0.25, 0.3) is 0 Å². The molecule has 0 fully saturated rings. The van der Waals surface area contributed by atoms with E-state index >= 15 is 0 Å². The van der Waals surface area contributed by atoms with Crippen molar-refractivity contribution in [1.82, 2.24) is 10.2 Å². The molecule has 2 aromatic carbocycles. The van der Waals surface area contributed by atoms with Crippen LogP contribution in [0, 0.1) is 6.92 Å². The van der Waals surface area contributed by atoms with Gasteiger partial charge in [0.15, 0.2) is 0 Å². The Bertz CT molecular complexity index is 1100. The summed E-state index contributed by atoms with van der Waals surface area (Å²) in [5.74, 6) is -0.593. The number of halogens is 2. The first-order chi connectivity index (χ1) is 16.0. The molecule has 0 aliphatic heterocycles. The third-order valence-corrected chi connectivity index (χ3v) is 7.33. The first-order valence-electron chi connectivity index (χ1n) is 11.0. The highest BCUT2D eigenvalue weighted by molar-refractivity contribution is 7.92. The molecule has 7 nitrogen and oxygen atoms in total. The molecular weight excluding hydrogens is 497 g/mol. The molecule has 0 aliphatic rings. The third kappa shape index (κ3) is 7.35. The largest absolute Gasteiger partial charge is 0.355 e. The number of nitrogens with one attached hydrogen (secondary N) is 1. The van der Waals surface area contributed by atoms with Crippen molar-refractivity contribution >= 4 is 50.7 Å². The van der Waals surface area contributed by atoms with Gasteiger partial charge in [0, 0.05) is 41.7 Å². The van der Waals surface area contributed by atoms with Gasteiger partial charge in [0.25, 0.3) is 0 Å². The van der Waals surface area contributed by atoms with Gasteiger partial charge >= 0.3 is 0 Å². The van der Waals surface area contributed by atoms with Crippen LogP contribution in [0.1, 0.15) is 37.8 Å². The maximum atomic E-state index is 13.2. The molecule has 0 saturated heterocycles. The number of carbonyl (C=O) groups is 2. The Labute approximate surface area is 212 Å². The molecule has 2 aromatic rings. The Balaban J connectivity index is 2.22. The van der Waals surface area contributed by atoms with Crippen LogP contribution in [0.5, 0.6) is 0 Å². The molecule has 0 saturated carbocycles. The monoisotopic (exact) mass is 527 g/mol. The number of hydrogen-bond donors (Lipinski definition) is 1. The minimum Gasteiger partial charge on any atom is -0.355 e. The van der Waals surface area contributed by atoms with E-state index in [0.717, 1.165) is 11.8 Å². The molecule has 2 amide bonds. The zero-order valence-electron chi connectivity index (χ0n) is 19.8. The van der Waals surface area contributed by atoms with E-state index in [1.807, 2.05) is 19.1 Å². The van der Waals surface area contributed by atoms with Crippen molar-refractivity contribution in [2.75, 3.05) is 23.7 Å². The van der Waals surface area contributed by atoms with E-state index in [-0.39, 0.29) is 37.7 Å². The van der Waals surface area contributed by atoms with E-state index in [9.17, 15) is 18.0 Å². The lowest BCUT2D eigenvalue weighted by molar-refractivity contribution is -0.140. The highest BCUT2D eigenvalue weighted by Crippen LogP contribution is 2.27. The minimum absolute atomic E-state index is 0.0454. The molecule has 0 heterocycles. The SMILES string of the molecule is CCNC(=O)[C@@H](C)N(Cc1c(Cl)cccc1Cl)C(=O)CCCN(c1ccccc1C)S(C)(=O)=O. The summed E-state index contributed by atoms with van der Waals surface area (Å²) >= 11 is 12.6. The Kier molecular flexibility index (Phi) is 10.2. The molecule has 0 radical (unpaired) electrons. The molecule has 0 spiro atoms. The van der Waals surface area contributed by atoms with E-state index in [1.165, 1.54) is 9.21 Å². The number of carbonyl (C=O) groups excluding carboxylic acids is 2. The number of nitrogens with zero attached hydrogens (tertiary/aromatic N) is 2. The summed E-state index contributed by atoms with van der Waals surface area (Å²) < 4.78 is 26.2. The Morgan fingerprint density at radius 1 is 1.06 bits per heavy atom. The van der Waals surface area contributed by atoms with Crippen LogP contribution in [-0.2, 0) is 26.2 Å². The summed E-state index contributed by atoms with van der Waals surface area (Å²) in [4.78, 5) is 27.2. The molecule has 0 unspecified atom stereocenters. The Hall–Kier alpha value is -2.29. The lowest BCUT2D eigenvalue weighted by atomic mass is 10.1. The zero-order valence-corrected chi connectivity index (χ0v) is 22.2. The molecule has 1 N–H and O–H groups in total. The first kappa shape index (κ1) is 28.0. The van der Waals surface area contributed by atoms with Crippen molar-refractivity contribution in [1.29, 1.82) is 0 Å². The summed E-state index contributed by atoms with van der Waals surface area (Å²) in [6.45, 7) is 5.89. The lowest BCUT2D eigenvalue weighted by Gasteiger charge is -2.30. The normalized spacial score (nSPS) is 12.2. The second kappa shape index (κ2) is 12.4. The van der Waals surface area contributed by atoms with Gasteiger partial charge < -0.3 is 10.2 Å². The smallest absolute Gasteiger partial charge is 0.242 e. The molecular formula is C24H31Cl2N3O4S. The fourth-order valence-electron chi connectivity index (χ4n) is 3.58. The number of rotatable bonds is 11. The molecule has 1 atom stereocenters. The van der Waals surface area contributed by atoms with Crippen molar-refractivity contribution in [3.05, 3.63) is 63.6 Å². The van der Waals surface area contributed by atoms with Crippen LogP contribution in [0.15, 0.2) is 42.5 Å². The van der Waals surface area contributed by atoms with E-state index < -0.39 is 16.1 Å². The van der Waals surface area contributed by atoms with Crippen molar-refractivity contribution in [3.8, 4) is 0 Å². The number of amides is 2. The fourth-order valence-corrected chi connectivity index (χ4v) is 5.12.